The van der Waals surface area contributed by atoms with Crippen LogP contribution in [0.2, 0.25) is 0 Å². The topological polar surface area (TPSA) is 30.0 Å². The van der Waals surface area contributed by atoms with E-state index in [1.165, 1.54) is 36.0 Å². The number of allylic oxidation sites excluding steroid dienone is 4. The standard InChI is InChI=1S/C23H31NO.C2H6/c1-17(2)22(19-7-5-13-24-16-19)8-4-6-18-9-10-20-14-21(25)11-12-23(20,3)15-18;1-2/h5,7-8,13-14,16-18H,4,6,9-12,15H2,1-3H3;1-2H3/b22-8+;/t18-,23-;/m1./s1. The molecule has 148 valence electrons. The molecule has 27 heavy (non-hydrogen) atoms. The molecule has 2 nitrogen and oxygen atoms in total. The summed E-state index contributed by atoms with van der Waals surface area (Å²) in [5.41, 5.74) is 4.38. The summed E-state index contributed by atoms with van der Waals surface area (Å²) in [7, 11) is 0. The number of hydrogen-bond acceptors (Lipinski definition) is 2. The van der Waals surface area contributed by atoms with Crippen molar-refractivity contribution in [1.82, 2.24) is 4.98 Å². The molecular weight excluding hydrogens is 330 g/mol. The Labute approximate surface area is 166 Å². The second-order valence-electron chi connectivity index (χ2n) is 8.44. The molecule has 1 aromatic heterocycles. The molecule has 1 fully saturated rings. The third-order valence-corrected chi connectivity index (χ3v) is 6.15. The minimum absolute atomic E-state index is 0.283. The Balaban J connectivity index is 0.00000126. The molecule has 0 aromatic carbocycles. The van der Waals surface area contributed by atoms with Gasteiger partial charge in [-0.25, -0.2) is 0 Å². The fourth-order valence-corrected chi connectivity index (χ4v) is 4.65. The molecule has 1 saturated carbocycles. The number of pyridine rings is 1. The lowest BCUT2D eigenvalue weighted by Crippen LogP contribution is -2.32. The summed E-state index contributed by atoms with van der Waals surface area (Å²) in [5, 5.41) is 0. The maximum atomic E-state index is 11.7. The Bertz CT molecular complexity index is 671. The molecule has 0 radical (unpaired) electrons. The maximum Gasteiger partial charge on any atom is 0.155 e. The average Bonchev–Trinajstić information content (AvgIpc) is 2.67. The van der Waals surface area contributed by atoms with Crippen molar-refractivity contribution in [1.29, 1.82) is 0 Å². The van der Waals surface area contributed by atoms with E-state index in [1.54, 1.807) is 0 Å². The first-order chi connectivity index (χ1) is 13.0. The van der Waals surface area contributed by atoms with Crippen LogP contribution in [0.25, 0.3) is 5.57 Å². The first-order valence-corrected chi connectivity index (χ1v) is 10.8. The van der Waals surface area contributed by atoms with Gasteiger partial charge >= 0.3 is 0 Å². The lowest BCUT2D eigenvalue weighted by molar-refractivity contribution is -0.116. The normalized spacial score (nSPS) is 25.4. The molecule has 0 spiro atoms. The van der Waals surface area contributed by atoms with Crippen LogP contribution in [-0.4, -0.2) is 10.8 Å². The van der Waals surface area contributed by atoms with Gasteiger partial charge in [-0.05, 0) is 79.1 Å². The van der Waals surface area contributed by atoms with Crippen molar-refractivity contribution in [2.45, 2.75) is 79.6 Å². The van der Waals surface area contributed by atoms with E-state index in [4.69, 9.17) is 0 Å². The van der Waals surface area contributed by atoms with Gasteiger partial charge in [-0.1, -0.05) is 52.3 Å². The molecular formula is C25H37NO. The highest BCUT2D eigenvalue weighted by Gasteiger charge is 2.38. The average molecular weight is 368 g/mol. The maximum absolute atomic E-state index is 11.7. The van der Waals surface area contributed by atoms with E-state index in [0.29, 0.717) is 11.7 Å². The van der Waals surface area contributed by atoms with Crippen molar-refractivity contribution in [3.8, 4) is 0 Å². The number of carbonyl (C=O) groups is 1. The Hall–Kier alpha value is -1.70. The molecule has 1 aromatic rings. The Morgan fingerprint density at radius 2 is 2.11 bits per heavy atom. The number of aromatic nitrogens is 1. The number of rotatable bonds is 5. The van der Waals surface area contributed by atoms with Gasteiger partial charge in [-0.2, -0.15) is 0 Å². The zero-order valence-electron chi connectivity index (χ0n) is 17.9. The SMILES string of the molecule is CC.CC(C)/C(=C\CC[C@@H]1CCC2=CC(=O)CC[C@]2(C)C1)c1cccnc1. The summed E-state index contributed by atoms with van der Waals surface area (Å²) in [6.45, 7) is 10.9. The largest absolute Gasteiger partial charge is 0.295 e. The number of fused-ring (bicyclic) bond motifs is 1. The number of hydrogen-bond donors (Lipinski definition) is 0. The van der Waals surface area contributed by atoms with Crippen molar-refractivity contribution in [3.05, 3.63) is 47.8 Å². The Morgan fingerprint density at radius 1 is 1.33 bits per heavy atom. The van der Waals surface area contributed by atoms with Crippen LogP contribution in [0, 0.1) is 17.3 Å². The molecule has 2 heteroatoms. The summed E-state index contributed by atoms with van der Waals surface area (Å²) in [6, 6.07) is 4.18. The van der Waals surface area contributed by atoms with Crippen molar-refractivity contribution in [2.75, 3.05) is 0 Å². The number of carbonyl (C=O) groups excluding carboxylic acids is 1. The highest BCUT2D eigenvalue weighted by atomic mass is 16.1. The zero-order chi connectivity index (χ0) is 19.9. The molecule has 0 unspecified atom stereocenters. The van der Waals surface area contributed by atoms with Gasteiger partial charge in [-0.15, -0.1) is 0 Å². The summed E-state index contributed by atoms with van der Waals surface area (Å²) in [5.74, 6) is 1.65. The van der Waals surface area contributed by atoms with Crippen molar-refractivity contribution in [2.24, 2.45) is 17.3 Å². The molecule has 0 amide bonds. The van der Waals surface area contributed by atoms with E-state index in [2.05, 4.69) is 37.9 Å². The van der Waals surface area contributed by atoms with Crippen LogP contribution in [-0.2, 0) is 4.79 Å². The lowest BCUT2D eigenvalue weighted by atomic mass is 9.62. The molecule has 1 heterocycles. The van der Waals surface area contributed by atoms with Crippen molar-refractivity contribution >= 4 is 11.4 Å². The lowest BCUT2D eigenvalue weighted by Gasteiger charge is -2.42. The molecule has 2 atom stereocenters. The predicted molar refractivity (Wildman–Crippen MR) is 115 cm³/mol. The quantitative estimate of drug-likeness (QED) is 0.559. The summed E-state index contributed by atoms with van der Waals surface area (Å²) >= 11 is 0. The van der Waals surface area contributed by atoms with Gasteiger partial charge in [0.15, 0.2) is 5.78 Å². The molecule has 3 rings (SSSR count). The highest BCUT2D eigenvalue weighted by Crippen LogP contribution is 2.49. The van der Waals surface area contributed by atoms with Gasteiger partial charge in [0.25, 0.3) is 0 Å². The smallest absolute Gasteiger partial charge is 0.155 e. The van der Waals surface area contributed by atoms with Crippen LogP contribution >= 0.6 is 0 Å². The number of ketones is 1. The van der Waals surface area contributed by atoms with Gasteiger partial charge in [-0.3, -0.25) is 9.78 Å². The van der Waals surface area contributed by atoms with E-state index in [0.717, 1.165) is 31.6 Å². The fourth-order valence-electron chi connectivity index (χ4n) is 4.65. The van der Waals surface area contributed by atoms with E-state index >= 15 is 0 Å². The molecule has 0 N–H and O–H groups in total. The molecule has 0 saturated heterocycles. The minimum atomic E-state index is 0.283. The fraction of sp³-hybridized carbons (Fsp3) is 0.600. The van der Waals surface area contributed by atoms with Crippen LogP contribution in [0.4, 0.5) is 0 Å². The van der Waals surface area contributed by atoms with E-state index in [1.807, 2.05) is 38.4 Å². The first-order valence-electron chi connectivity index (χ1n) is 10.8. The molecule has 0 aliphatic heterocycles. The monoisotopic (exact) mass is 367 g/mol. The summed E-state index contributed by atoms with van der Waals surface area (Å²) in [4.78, 5) is 16.0. The Morgan fingerprint density at radius 3 is 2.78 bits per heavy atom. The number of nitrogens with zero attached hydrogens (tertiary/aromatic N) is 1. The van der Waals surface area contributed by atoms with Gasteiger partial charge < -0.3 is 0 Å². The molecule has 2 aliphatic rings. The third kappa shape index (κ3) is 5.64. The minimum Gasteiger partial charge on any atom is -0.295 e. The molecule has 0 bridgehead atoms. The zero-order valence-corrected chi connectivity index (χ0v) is 17.9. The third-order valence-electron chi connectivity index (χ3n) is 6.15. The van der Waals surface area contributed by atoms with Crippen LogP contribution in [0.15, 0.2) is 42.3 Å². The van der Waals surface area contributed by atoms with Crippen LogP contribution in [0.3, 0.4) is 0 Å². The van der Waals surface area contributed by atoms with Crippen LogP contribution < -0.4 is 0 Å². The van der Waals surface area contributed by atoms with E-state index in [9.17, 15) is 4.79 Å². The van der Waals surface area contributed by atoms with Crippen LogP contribution in [0.1, 0.15) is 85.1 Å². The first kappa shape index (κ1) is 21.6. The highest BCUT2D eigenvalue weighted by molar-refractivity contribution is 5.91. The van der Waals surface area contributed by atoms with Gasteiger partial charge in [0, 0.05) is 18.8 Å². The van der Waals surface area contributed by atoms with Gasteiger partial charge in [0.2, 0.25) is 0 Å². The Kier molecular flexibility index (Phi) is 8.01. The van der Waals surface area contributed by atoms with E-state index in [-0.39, 0.29) is 5.41 Å². The van der Waals surface area contributed by atoms with Crippen molar-refractivity contribution < 1.29 is 4.79 Å². The van der Waals surface area contributed by atoms with E-state index < -0.39 is 0 Å². The second-order valence-corrected chi connectivity index (χ2v) is 8.44. The second kappa shape index (κ2) is 10.0. The predicted octanol–water partition coefficient (Wildman–Crippen LogP) is 7.02. The molecule has 2 aliphatic carbocycles. The summed E-state index contributed by atoms with van der Waals surface area (Å²) < 4.78 is 0. The summed E-state index contributed by atoms with van der Waals surface area (Å²) in [6.07, 6.45) is 16.0. The van der Waals surface area contributed by atoms with Crippen LogP contribution in [0.5, 0.6) is 0 Å². The van der Waals surface area contributed by atoms with Crippen molar-refractivity contribution in [3.63, 3.8) is 0 Å². The van der Waals surface area contributed by atoms with Gasteiger partial charge in [0.1, 0.15) is 0 Å². The van der Waals surface area contributed by atoms with Gasteiger partial charge in [0.05, 0.1) is 0 Å².